The Morgan fingerprint density at radius 3 is 2.22 bits per heavy atom. The molecule has 3 aromatic rings. The van der Waals surface area contributed by atoms with Gasteiger partial charge in [0.25, 0.3) is 0 Å². The van der Waals surface area contributed by atoms with Crippen LogP contribution in [0.1, 0.15) is 43.5 Å². The van der Waals surface area contributed by atoms with Crippen LogP contribution in [0.15, 0.2) is 53.9 Å². The Kier molecular flexibility index (Phi) is 7.25. The molecule has 1 aromatic heterocycles. The summed E-state index contributed by atoms with van der Waals surface area (Å²) in [4.78, 5) is 40.4. The van der Waals surface area contributed by atoms with Gasteiger partial charge in [0.05, 0.1) is 5.69 Å². The number of fused-ring (bicyclic) bond motifs is 3. The van der Waals surface area contributed by atoms with E-state index in [0.29, 0.717) is 5.69 Å². The minimum atomic E-state index is -1.25. The van der Waals surface area contributed by atoms with Crippen molar-refractivity contribution in [3.8, 4) is 11.1 Å². The number of alkyl carbamates (subject to hydrolysis) is 1. The molecule has 0 saturated carbocycles. The van der Waals surface area contributed by atoms with Gasteiger partial charge >= 0.3 is 18.2 Å². The summed E-state index contributed by atoms with van der Waals surface area (Å²) in [6.45, 7) is 5.30. The van der Waals surface area contributed by atoms with Crippen molar-refractivity contribution in [3.63, 3.8) is 0 Å². The smallest absolute Gasteiger partial charge is 0.413 e. The van der Waals surface area contributed by atoms with Crippen LogP contribution >= 0.6 is 11.3 Å². The lowest BCUT2D eigenvalue weighted by atomic mass is 9.98. The molecule has 0 bridgehead atoms. The molecule has 1 aliphatic carbocycles. The SMILES string of the molecule is CC(C)(C)OC(=O)Nc1nc(C[C@H](NC(=O)OCC2c3ccccc3-c3ccccc32)C(=O)O)cs1. The van der Waals surface area contributed by atoms with Crippen LogP contribution < -0.4 is 10.6 Å². The lowest BCUT2D eigenvalue weighted by Gasteiger charge is -2.18. The third-order valence-corrected chi connectivity index (χ3v) is 6.31. The molecule has 4 rings (SSSR count). The van der Waals surface area contributed by atoms with E-state index in [2.05, 4.69) is 15.6 Å². The minimum absolute atomic E-state index is 0.0762. The molecule has 188 valence electrons. The van der Waals surface area contributed by atoms with Crippen LogP contribution in [0.2, 0.25) is 0 Å². The van der Waals surface area contributed by atoms with Crippen LogP contribution in [0.4, 0.5) is 14.7 Å². The number of hydrogen-bond acceptors (Lipinski definition) is 7. The van der Waals surface area contributed by atoms with Crippen LogP contribution in [0.5, 0.6) is 0 Å². The number of anilines is 1. The summed E-state index contributed by atoms with van der Waals surface area (Å²) in [5.41, 5.74) is 4.07. The van der Waals surface area contributed by atoms with Crippen molar-refractivity contribution in [2.24, 2.45) is 0 Å². The molecule has 1 atom stereocenters. The highest BCUT2D eigenvalue weighted by atomic mass is 32.1. The molecule has 2 aromatic carbocycles. The second kappa shape index (κ2) is 10.4. The molecule has 9 nitrogen and oxygen atoms in total. The number of carboxylic acid groups (broad SMARTS) is 1. The first-order chi connectivity index (χ1) is 17.1. The molecule has 0 radical (unpaired) electrons. The van der Waals surface area contributed by atoms with E-state index < -0.39 is 29.8 Å². The highest BCUT2D eigenvalue weighted by molar-refractivity contribution is 7.13. The molecule has 36 heavy (non-hydrogen) atoms. The number of nitrogens with one attached hydrogen (secondary N) is 2. The van der Waals surface area contributed by atoms with Gasteiger partial charge in [0, 0.05) is 17.7 Å². The van der Waals surface area contributed by atoms with Crippen molar-refractivity contribution in [3.05, 3.63) is 70.7 Å². The van der Waals surface area contributed by atoms with Crippen molar-refractivity contribution in [1.82, 2.24) is 10.3 Å². The summed E-state index contributed by atoms with van der Waals surface area (Å²) >= 11 is 1.13. The lowest BCUT2D eigenvalue weighted by Crippen LogP contribution is -2.43. The number of rotatable bonds is 7. The number of carbonyl (C=O) groups excluding carboxylic acids is 2. The van der Waals surface area contributed by atoms with Crippen LogP contribution in [0.25, 0.3) is 11.1 Å². The highest BCUT2D eigenvalue weighted by Gasteiger charge is 2.30. The molecule has 0 unspecified atom stereocenters. The first-order valence-electron chi connectivity index (χ1n) is 11.4. The van der Waals surface area contributed by atoms with Gasteiger partial charge in [-0.15, -0.1) is 11.3 Å². The van der Waals surface area contributed by atoms with Crippen LogP contribution in [-0.2, 0) is 20.7 Å². The Morgan fingerprint density at radius 2 is 1.64 bits per heavy atom. The average Bonchev–Trinajstić information content (AvgIpc) is 3.37. The highest BCUT2D eigenvalue weighted by Crippen LogP contribution is 2.44. The number of aliphatic carboxylic acids is 1. The van der Waals surface area contributed by atoms with E-state index in [4.69, 9.17) is 9.47 Å². The van der Waals surface area contributed by atoms with Crippen molar-refractivity contribution < 1.29 is 29.0 Å². The van der Waals surface area contributed by atoms with E-state index in [-0.39, 0.29) is 24.1 Å². The van der Waals surface area contributed by atoms with E-state index in [1.54, 1.807) is 26.2 Å². The molecule has 0 fully saturated rings. The first kappa shape index (κ1) is 25.2. The third-order valence-electron chi connectivity index (χ3n) is 5.51. The maximum Gasteiger partial charge on any atom is 0.413 e. The predicted molar refractivity (Wildman–Crippen MR) is 135 cm³/mol. The Labute approximate surface area is 212 Å². The number of hydrogen-bond donors (Lipinski definition) is 3. The van der Waals surface area contributed by atoms with Gasteiger partial charge in [-0.2, -0.15) is 0 Å². The zero-order valence-corrected chi connectivity index (χ0v) is 20.9. The van der Waals surface area contributed by atoms with E-state index in [0.717, 1.165) is 33.6 Å². The summed E-state index contributed by atoms with van der Waals surface area (Å²) in [5, 5.41) is 16.4. The molecular formula is C26H27N3O6S. The summed E-state index contributed by atoms with van der Waals surface area (Å²) in [6.07, 6.45) is -1.56. The normalized spacial score (nSPS) is 13.3. The molecule has 1 aliphatic rings. The topological polar surface area (TPSA) is 127 Å². The predicted octanol–water partition coefficient (Wildman–Crippen LogP) is 5.02. The van der Waals surface area contributed by atoms with Crippen molar-refractivity contribution >= 4 is 34.6 Å². The number of carboxylic acids is 1. The fourth-order valence-electron chi connectivity index (χ4n) is 4.04. The van der Waals surface area contributed by atoms with Crippen LogP contribution in [-0.4, -0.2) is 46.5 Å². The van der Waals surface area contributed by atoms with Gasteiger partial charge in [0.2, 0.25) is 0 Å². The lowest BCUT2D eigenvalue weighted by molar-refractivity contribution is -0.139. The third kappa shape index (κ3) is 6.01. The monoisotopic (exact) mass is 509 g/mol. The number of benzene rings is 2. The van der Waals surface area contributed by atoms with E-state index in [1.807, 2.05) is 48.5 Å². The van der Waals surface area contributed by atoms with Gasteiger partial charge in [-0.3, -0.25) is 5.32 Å². The molecular weight excluding hydrogens is 482 g/mol. The maximum absolute atomic E-state index is 12.5. The zero-order chi connectivity index (χ0) is 25.9. The van der Waals surface area contributed by atoms with E-state index in [1.165, 1.54) is 0 Å². The van der Waals surface area contributed by atoms with Gasteiger partial charge in [-0.25, -0.2) is 19.4 Å². The molecule has 1 heterocycles. The second-order valence-corrected chi connectivity index (χ2v) is 10.2. The average molecular weight is 510 g/mol. The maximum atomic E-state index is 12.5. The fourth-order valence-corrected chi connectivity index (χ4v) is 4.75. The minimum Gasteiger partial charge on any atom is -0.480 e. The second-order valence-electron chi connectivity index (χ2n) is 9.34. The van der Waals surface area contributed by atoms with E-state index >= 15 is 0 Å². The van der Waals surface area contributed by atoms with Gasteiger partial charge in [-0.05, 0) is 43.0 Å². The van der Waals surface area contributed by atoms with Gasteiger partial charge in [-0.1, -0.05) is 48.5 Å². The molecule has 2 amide bonds. The van der Waals surface area contributed by atoms with Gasteiger partial charge in [0.1, 0.15) is 18.2 Å². The zero-order valence-electron chi connectivity index (χ0n) is 20.1. The summed E-state index contributed by atoms with van der Waals surface area (Å²) in [7, 11) is 0. The number of amides is 2. The Hall–Kier alpha value is -3.92. The Bertz CT molecular complexity index is 1240. The molecule has 10 heteroatoms. The van der Waals surface area contributed by atoms with Crippen LogP contribution in [0, 0.1) is 0 Å². The quantitative estimate of drug-likeness (QED) is 0.408. The number of thiazole rings is 1. The number of ether oxygens (including phenoxy) is 2. The number of carbonyl (C=O) groups is 3. The summed E-state index contributed by atoms with van der Waals surface area (Å²) in [5.74, 6) is -1.36. The molecule has 0 saturated heterocycles. The van der Waals surface area contributed by atoms with Crippen LogP contribution in [0.3, 0.4) is 0 Å². The number of aromatic nitrogens is 1. The fraction of sp³-hybridized carbons (Fsp3) is 0.308. The Morgan fingerprint density at radius 1 is 1.03 bits per heavy atom. The molecule has 0 spiro atoms. The van der Waals surface area contributed by atoms with E-state index in [9.17, 15) is 19.5 Å². The summed E-state index contributed by atoms with van der Waals surface area (Å²) < 4.78 is 10.6. The Balaban J connectivity index is 1.35. The first-order valence-corrected chi connectivity index (χ1v) is 12.3. The number of nitrogens with zero attached hydrogens (tertiary/aromatic N) is 1. The van der Waals surface area contributed by atoms with Crippen molar-refractivity contribution in [2.45, 2.75) is 44.8 Å². The van der Waals surface area contributed by atoms with Gasteiger partial charge in [0.15, 0.2) is 5.13 Å². The van der Waals surface area contributed by atoms with Gasteiger partial charge < -0.3 is 19.9 Å². The standard InChI is InChI=1S/C26H27N3O6S/c1-26(2,3)35-25(33)29-23-27-15(14-36-23)12-21(22(30)31)28-24(32)34-13-20-18-10-6-4-8-16(18)17-9-5-7-11-19(17)20/h4-11,14,20-21H,12-13H2,1-3H3,(H,28,32)(H,30,31)(H,27,29,33)/t21-/m0/s1. The van der Waals surface area contributed by atoms with Crippen molar-refractivity contribution in [2.75, 3.05) is 11.9 Å². The van der Waals surface area contributed by atoms with Crippen molar-refractivity contribution in [1.29, 1.82) is 0 Å². The molecule has 0 aliphatic heterocycles. The largest absolute Gasteiger partial charge is 0.480 e. The summed E-state index contributed by atoms with van der Waals surface area (Å²) in [6, 6.07) is 14.7. The molecule has 3 N–H and O–H groups in total.